The lowest BCUT2D eigenvalue weighted by atomic mass is 10.1. The van der Waals surface area contributed by atoms with E-state index in [0.29, 0.717) is 31.5 Å². The minimum absolute atomic E-state index is 0.119. The van der Waals surface area contributed by atoms with Gasteiger partial charge in [-0.3, -0.25) is 4.79 Å². The fourth-order valence-electron chi connectivity index (χ4n) is 2.54. The van der Waals surface area contributed by atoms with Gasteiger partial charge in [-0.2, -0.15) is 4.98 Å². The molecule has 25 heavy (non-hydrogen) atoms. The molecule has 1 atom stereocenters. The first kappa shape index (κ1) is 17.3. The summed E-state index contributed by atoms with van der Waals surface area (Å²) < 4.78 is 23.7. The number of hydrogen-bond donors (Lipinski definition) is 0. The highest BCUT2D eigenvalue weighted by Crippen LogP contribution is 2.24. The van der Waals surface area contributed by atoms with E-state index >= 15 is 0 Å². The molecule has 0 radical (unpaired) electrons. The zero-order chi connectivity index (χ0) is 17.8. The average Bonchev–Trinajstić information content (AvgIpc) is 3.11. The Kier molecular flexibility index (Phi) is 5.23. The van der Waals surface area contributed by atoms with E-state index in [1.807, 2.05) is 13.8 Å². The molecule has 1 aliphatic rings. The summed E-state index contributed by atoms with van der Waals surface area (Å²) in [6.45, 7) is 5.16. The second kappa shape index (κ2) is 7.57. The summed E-state index contributed by atoms with van der Waals surface area (Å²) in [6.07, 6.45) is 3.12. The molecular weight excluding hydrogens is 325 g/mol. The van der Waals surface area contributed by atoms with Gasteiger partial charge in [0.2, 0.25) is 11.8 Å². The third-order valence-corrected chi connectivity index (χ3v) is 3.95. The fraction of sp³-hybridized carbons (Fsp3) is 0.389. The van der Waals surface area contributed by atoms with Gasteiger partial charge in [-0.05, 0) is 23.8 Å². The van der Waals surface area contributed by atoms with Crippen LogP contribution in [0.25, 0.3) is 6.08 Å². The Hall–Kier alpha value is -2.54. The minimum atomic E-state index is -0.379. The number of hydrogen-bond acceptors (Lipinski definition) is 5. The summed E-state index contributed by atoms with van der Waals surface area (Å²) in [6, 6.07) is 5.56. The monoisotopic (exact) mass is 345 g/mol. The Labute approximate surface area is 145 Å². The number of carbonyl (C=O) groups excluding carboxylic acids is 1. The molecule has 1 amide bonds. The summed E-state index contributed by atoms with van der Waals surface area (Å²) in [7, 11) is 0. The lowest BCUT2D eigenvalue weighted by Gasteiger charge is -2.32. The number of benzene rings is 1. The number of halogens is 1. The number of nitrogens with zero attached hydrogens (tertiary/aromatic N) is 3. The van der Waals surface area contributed by atoms with Crippen molar-refractivity contribution in [3.05, 3.63) is 53.4 Å². The Balaban J connectivity index is 1.75. The van der Waals surface area contributed by atoms with Crippen molar-refractivity contribution in [3.8, 4) is 0 Å². The van der Waals surface area contributed by atoms with Crippen LogP contribution in [0.15, 0.2) is 34.9 Å². The van der Waals surface area contributed by atoms with E-state index in [1.54, 1.807) is 23.1 Å². The number of amides is 1. The molecule has 0 bridgehead atoms. The molecule has 1 unspecified atom stereocenters. The molecule has 1 saturated heterocycles. The van der Waals surface area contributed by atoms with Crippen molar-refractivity contribution >= 4 is 12.0 Å². The van der Waals surface area contributed by atoms with Crippen LogP contribution in [0, 0.1) is 5.82 Å². The molecule has 0 N–H and O–H groups in total. The average molecular weight is 345 g/mol. The van der Waals surface area contributed by atoms with Crippen LogP contribution >= 0.6 is 0 Å². The normalized spacial score (nSPS) is 18.2. The molecule has 2 heterocycles. The van der Waals surface area contributed by atoms with Gasteiger partial charge in [-0.15, -0.1) is 0 Å². The predicted molar refractivity (Wildman–Crippen MR) is 89.1 cm³/mol. The van der Waals surface area contributed by atoms with Crippen LogP contribution in [0.2, 0.25) is 0 Å². The van der Waals surface area contributed by atoms with Crippen LogP contribution < -0.4 is 0 Å². The maximum atomic E-state index is 12.9. The first-order chi connectivity index (χ1) is 12.0. The first-order valence-electron chi connectivity index (χ1n) is 8.20. The smallest absolute Gasteiger partial charge is 0.247 e. The molecule has 1 fully saturated rings. The molecule has 2 aromatic rings. The fourth-order valence-corrected chi connectivity index (χ4v) is 2.54. The lowest BCUT2D eigenvalue weighted by molar-refractivity contribution is -0.135. The van der Waals surface area contributed by atoms with Crippen LogP contribution in [0.1, 0.15) is 43.1 Å². The van der Waals surface area contributed by atoms with Crippen LogP contribution in [-0.2, 0) is 9.53 Å². The van der Waals surface area contributed by atoms with E-state index < -0.39 is 0 Å². The highest BCUT2D eigenvalue weighted by Gasteiger charge is 2.31. The largest absolute Gasteiger partial charge is 0.377 e. The first-order valence-corrected chi connectivity index (χ1v) is 8.20. The van der Waals surface area contributed by atoms with E-state index in [0.717, 1.165) is 5.56 Å². The van der Waals surface area contributed by atoms with Crippen LogP contribution in [0.5, 0.6) is 0 Å². The lowest BCUT2D eigenvalue weighted by Crippen LogP contribution is -2.43. The number of rotatable bonds is 4. The Morgan fingerprint density at radius 2 is 2.12 bits per heavy atom. The third-order valence-electron chi connectivity index (χ3n) is 3.95. The summed E-state index contributed by atoms with van der Waals surface area (Å²) >= 11 is 0. The summed E-state index contributed by atoms with van der Waals surface area (Å²) in [5.74, 6) is 0.623. The van der Waals surface area contributed by atoms with Gasteiger partial charge >= 0.3 is 0 Å². The van der Waals surface area contributed by atoms with Gasteiger partial charge in [-0.1, -0.05) is 31.1 Å². The molecule has 6 nitrogen and oxygen atoms in total. The molecule has 0 saturated carbocycles. The highest BCUT2D eigenvalue weighted by atomic mass is 19.1. The number of morpholine rings is 1. The van der Waals surface area contributed by atoms with Crippen molar-refractivity contribution in [3.63, 3.8) is 0 Å². The number of carbonyl (C=O) groups is 1. The van der Waals surface area contributed by atoms with Crippen molar-refractivity contribution < 1.29 is 18.4 Å². The van der Waals surface area contributed by atoms with E-state index in [9.17, 15) is 9.18 Å². The molecule has 0 spiro atoms. The molecule has 7 heteroatoms. The number of aromatic nitrogens is 2. The Morgan fingerprint density at radius 3 is 2.80 bits per heavy atom. The molecule has 1 aromatic carbocycles. The SMILES string of the molecule is CC(C)c1nc(C2COCCN2C(=O)/C=C/c2ccc(F)cc2)no1. The Morgan fingerprint density at radius 1 is 1.36 bits per heavy atom. The van der Waals surface area contributed by atoms with E-state index in [-0.39, 0.29) is 23.7 Å². The van der Waals surface area contributed by atoms with Crippen molar-refractivity contribution in [2.24, 2.45) is 0 Å². The van der Waals surface area contributed by atoms with Crippen LogP contribution in [0.3, 0.4) is 0 Å². The van der Waals surface area contributed by atoms with Gasteiger partial charge < -0.3 is 14.2 Å². The molecule has 0 aliphatic carbocycles. The molecule has 3 rings (SSSR count). The second-order valence-electron chi connectivity index (χ2n) is 6.15. The maximum absolute atomic E-state index is 12.9. The molecule has 1 aliphatic heterocycles. The van der Waals surface area contributed by atoms with Crippen LogP contribution in [0.4, 0.5) is 4.39 Å². The topological polar surface area (TPSA) is 68.5 Å². The standard InChI is InChI=1S/C18H20FN3O3/c1-12(2)18-20-17(21-25-18)15-11-24-10-9-22(15)16(23)8-5-13-3-6-14(19)7-4-13/h3-8,12,15H,9-11H2,1-2H3/b8-5+. The van der Waals surface area contributed by atoms with Gasteiger partial charge in [-0.25, -0.2) is 4.39 Å². The third kappa shape index (κ3) is 4.11. The Bertz CT molecular complexity index is 755. The van der Waals surface area contributed by atoms with Crippen molar-refractivity contribution in [2.45, 2.75) is 25.8 Å². The minimum Gasteiger partial charge on any atom is -0.377 e. The molecule has 132 valence electrons. The summed E-state index contributed by atoms with van der Waals surface area (Å²) in [5, 5.41) is 4.00. The van der Waals surface area contributed by atoms with E-state index in [1.165, 1.54) is 18.2 Å². The van der Waals surface area contributed by atoms with E-state index in [2.05, 4.69) is 10.1 Å². The molecule has 1 aromatic heterocycles. The second-order valence-corrected chi connectivity index (χ2v) is 6.15. The zero-order valence-corrected chi connectivity index (χ0v) is 14.2. The quantitative estimate of drug-likeness (QED) is 0.797. The van der Waals surface area contributed by atoms with Gasteiger partial charge in [0.15, 0.2) is 5.82 Å². The summed E-state index contributed by atoms with van der Waals surface area (Å²) in [5.41, 5.74) is 0.751. The number of ether oxygens (including phenoxy) is 1. The van der Waals surface area contributed by atoms with Crippen molar-refractivity contribution in [1.29, 1.82) is 0 Å². The van der Waals surface area contributed by atoms with Gasteiger partial charge in [0.05, 0.1) is 13.2 Å². The van der Waals surface area contributed by atoms with E-state index in [4.69, 9.17) is 9.26 Å². The van der Waals surface area contributed by atoms with Crippen LogP contribution in [-0.4, -0.2) is 40.7 Å². The maximum Gasteiger partial charge on any atom is 0.247 e. The van der Waals surface area contributed by atoms with Gasteiger partial charge in [0.25, 0.3) is 0 Å². The summed E-state index contributed by atoms with van der Waals surface area (Å²) in [4.78, 5) is 18.6. The zero-order valence-electron chi connectivity index (χ0n) is 14.2. The van der Waals surface area contributed by atoms with Gasteiger partial charge in [0.1, 0.15) is 11.9 Å². The predicted octanol–water partition coefficient (Wildman–Crippen LogP) is 2.95. The van der Waals surface area contributed by atoms with Crippen molar-refractivity contribution in [2.75, 3.05) is 19.8 Å². The van der Waals surface area contributed by atoms with Crippen molar-refractivity contribution in [1.82, 2.24) is 15.0 Å². The molecular formula is C18H20FN3O3. The van der Waals surface area contributed by atoms with Gasteiger partial charge in [0, 0.05) is 18.5 Å². The highest BCUT2D eigenvalue weighted by molar-refractivity contribution is 5.92.